The van der Waals surface area contributed by atoms with E-state index in [1.807, 2.05) is 0 Å². The van der Waals surface area contributed by atoms with Gasteiger partial charge in [0.15, 0.2) is 0 Å². The Labute approximate surface area is 192 Å². The smallest absolute Gasteiger partial charge is 0.335 e. The molecule has 3 aromatic rings. The molecule has 0 aliphatic rings. The molecule has 0 aliphatic carbocycles. The molecule has 4 N–H and O–H groups in total. The fourth-order valence-electron chi connectivity index (χ4n) is 3.41. The highest BCUT2D eigenvalue weighted by molar-refractivity contribution is 5.98. The second-order valence-electron chi connectivity index (χ2n) is 7.07. The van der Waals surface area contributed by atoms with Crippen LogP contribution in [-0.2, 0) is 0 Å². The molecule has 0 atom stereocenters. The predicted molar refractivity (Wildman–Crippen MR) is 118 cm³/mol. The van der Waals surface area contributed by atoms with E-state index in [0.717, 1.165) is 12.1 Å². The molecule has 0 unspecified atom stereocenters. The number of carboxylic acid groups (broad SMARTS) is 4. The minimum absolute atomic E-state index is 0.187. The first-order valence-corrected chi connectivity index (χ1v) is 9.55. The van der Waals surface area contributed by atoms with Crippen LogP contribution in [-0.4, -0.2) is 58.5 Å². The maximum atomic E-state index is 11.5. The van der Waals surface area contributed by atoms with E-state index in [0.29, 0.717) is 11.1 Å². The maximum absolute atomic E-state index is 11.5. The minimum atomic E-state index is -1.32. The van der Waals surface area contributed by atoms with Crippen LogP contribution in [0.3, 0.4) is 0 Å². The van der Waals surface area contributed by atoms with Crippen LogP contribution in [0.4, 0.5) is 0 Å². The number of hydrogen-bond donors (Lipinski definition) is 4. The summed E-state index contributed by atoms with van der Waals surface area (Å²) in [5, 5.41) is 37.5. The second-order valence-corrected chi connectivity index (χ2v) is 7.07. The molecule has 174 valence electrons. The van der Waals surface area contributed by atoms with Crippen molar-refractivity contribution in [3.05, 3.63) is 70.8 Å². The van der Waals surface area contributed by atoms with E-state index in [9.17, 15) is 39.6 Å². The maximum Gasteiger partial charge on any atom is 0.335 e. The zero-order chi connectivity index (χ0) is 25.2. The lowest BCUT2D eigenvalue weighted by atomic mass is 9.94. The van der Waals surface area contributed by atoms with E-state index in [2.05, 4.69) is 0 Å². The predicted octanol–water partition coefficient (Wildman–Crippen LogP) is 3.83. The van der Waals surface area contributed by atoms with E-state index in [-0.39, 0.29) is 44.9 Å². The van der Waals surface area contributed by atoms with Gasteiger partial charge in [0.05, 0.1) is 36.5 Å². The molecule has 10 heteroatoms. The van der Waals surface area contributed by atoms with Crippen molar-refractivity contribution in [3.63, 3.8) is 0 Å². The first kappa shape index (κ1) is 23.8. The Morgan fingerprint density at radius 1 is 0.500 bits per heavy atom. The Balaban J connectivity index is 2.30. The first-order valence-electron chi connectivity index (χ1n) is 9.55. The molecule has 0 aliphatic heterocycles. The van der Waals surface area contributed by atoms with E-state index in [1.54, 1.807) is 0 Å². The lowest BCUT2D eigenvalue weighted by Crippen LogP contribution is -2.04. The Bertz CT molecular complexity index is 1170. The van der Waals surface area contributed by atoms with E-state index >= 15 is 0 Å². The van der Waals surface area contributed by atoms with Crippen molar-refractivity contribution >= 4 is 23.9 Å². The molecule has 0 aromatic heterocycles. The van der Waals surface area contributed by atoms with Gasteiger partial charge >= 0.3 is 23.9 Å². The van der Waals surface area contributed by atoms with E-state index in [4.69, 9.17) is 9.47 Å². The number of rotatable bonds is 8. The molecule has 0 fully saturated rings. The quantitative estimate of drug-likeness (QED) is 0.383. The number of carbonyl (C=O) groups is 4. The van der Waals surface area contributed by atoms with Crippen LogP contribution in [0.1, 0.15) is 41.4 Å². The summed E-state index contributed by atoms with van der Waals surface area (Å²) in [6, 6.07) is 10.1. The molecule has 3 rings (SSSR count). The van der Waals surface area contributed by atoms with Crippen molar-refractivity contribution in [2.24, 2.45) is 0 Å². The van der Waals surface area contributed by atoms with Crippen molar-refractivity contribution in [1.82, 2.24) is 0 Å². The fourth-order valence-corrected chi connectivity index (χ4v) is 3.41. The zero-order valence-corrected chi connectivity index (χ0v) is 17.9. The molecule has 10 nitrogen and oxygen atoms in total. The zero-order valence-electron chi connectivity index (χ0n) is 17.9. The molecule has 0 saturated heterocycles. The van der Waals surface area contributed by atoms with Crippen LogP contribution < -0.4 is 9.47 Å². The molecule has 3 aromatic carbocycles. The molecule has 34 heavy (non-hydrogen) atoms. The summed E-state index contributed by atoms with van der Waals surface area (Å²) >= 11 is 0. The fraction of sp³-hybridized carbons (Fsp3) is 0.0833. The average molecular weight is 466 g/mol. The number of methoxy groups -OCH3 is 2. The first-order chi connectivity index (χ1) is 16.0. The van der Waals surface area contributed by atoms with Gasteiger partial charge in [-0.15, -0.1) is 0 Å². The van der Waals surface area contributed by atoms with Crippen molar-refractivity contribution in [1.29, 1.82) is 0 Å². The van der Waals surface area contributed by atoms with Gasteiger partial charge in [-0.25, -0.2) is 19.2 Å². The molecular weight excluding hydrogens is 448 g/mol. The van der Waals surface area contributed by atoms with Gasteiger partial charge < -0.3 is 29.9 Å². The summed E-state index contributed by atoms with van der Waals surface area (Å²) in [6.45, 7) is 0. The van der Waals surface area contributed by atoms with E-state index < -0.39 is 23.9 Å². The van der Waals surface area contributed by atoms with Crippen molar-refractivity contribution in [2.75, 3.05) is 14.2 Å². The van der Waals surface area contributed by atoms with Gasteiger partial charge in [0.2, 0.25) is 0 Å². The van der Waals surface area contributed by atoms with Crippen LogP contribution in [0.5, 0.6) is 11.5 Å². The Kier molecular flexibility index (Phi) is 6.53. The van der Waals surface area contributed by atoms with Crippen LogP contribution >= 0.6 is 0 Å². The van der Waals surface area contributed by atoms with Crippen molar-refractivity contribution in [2.45, 2.75) is 0 Å². The lowest BCUT2D eigenvalue weighted by Gasteiger charge is -2.17. The Morgan fingerprint density at radius 3 is 0.971 bits per heavy atom. The van der Waals surface area contributed by atoms with Gasteiger partial charge in [-0.3, -0.25) is 0 Å². The summed E-state index contributed by atoms with van der Waals surface area (Å²) in [5.74, 6) is -4.91. The highest BCUT2D eigenvalue weighted by Crippen LogP contribution is 2.41. The number of hydrogen-bond acceptors (Lipinski definition) is 6. The van der Waals surface area contributed by atoms with Crippen LogP contribution in [0, 0.1) is 0 Å². The summed E-state index contributed by atoms with van der Waals surface area (Å²) in [6.07, 6.45) is 0. The van der Waals surface area contributed by atoms with E-state index in [1.165, 1.54) is 50.6 Å². The highest BCUT2D eigenvalue weighted by Gasteiger charge is 2.20. The number of ether oxygens (including phenoxy) is 2. The molecule has 0 amide bonds. The van der Waals surface area contributed by atoms with Gasteiger partial charge in [0.1, 0.15) is 11.5 Å². The summed E-state index contributed by atoms with van der Waals surface area (Å²) in [4.78, 5) is 46.0. The van der Waals surface area contributed by atoms with Crippen molar-refractivity contribution < 1.29 is 49.1 Å². The van der Waals surface area contributed by atoms with Crippen molar-refractivity contribution in [3.8, 4) is 33.8 Å². The standard InChI is InChI=1S/C24H18O10/c1-33-19-9-18(12-5-15(23(29)30)8-16(6-12)24(31)32)20(34-2)10-17(19)11-3-13(21(25)26)7-14(4-11)22(27)28/h3-10H,1-2H3,(H,25,26)(H,27,28)(H,29,30)(H,31,32). The second kappa shape index (κ2) is 9.33. The normalized spacial score (nSPS) is 10.4. The Morgan fingerprint density at radius 2 is 0.765 bits per heavy atom. The minimum Gasteiger partial charge on any atom is -0.496 e. The van der Waals surface area contributed by atoms with Gasteiger partial charge in [-0.2, -0.15) is 0 Å². The van der Waals surface area contributed by atoms with Gasteiger partial charge in [0.25, 0.3) is 0 Å². The summed E-state index contributed by atoms with van der Waals surface area (Å²) in [5.41, 5.74) is 0.0677. The van der Waals surface area contributed by atoms with Gasteiger partial charge in [-0.1, -0.05) is 0 Å². The third-order valence-corrected chi connectivity index (χ3v) is 5.00. The average Bonchev–Trinajstić information content (AvgIpc) is 2.82. The third-order valence-electron chi connectivity index (χ3n) is 5.00. The number of carboxylic acids is 4. The van der Waals surface area contributed by atoms with Crippen LogP contribution in [0.15, 0.2) is 48.5 Å². The van der Waals surface area contributed by atoms with Crippen LogP contribution in [0.2, 0.25) is 0 Å². The largest absolute Gasteiger partial charge is 0.496 e. The van der Waals surface area contributed by atoms with Crippen LogP contribution in [0.25, 0.3) is 22.3 Å². The van der Waals surface area contributed by atoms with Gasteiger partial charge in [0, 0.05) is 11.1 Å². The highest BCUT2D eigenvalue weighted by atomic mass is 16.5. The molecule has 0 heterocycles. The summed E-state index contributed by atoms with van der Waals surface area (Å²) in [7, 11) is 2.68. The summed E-state index contributed by atoms with van der Waals surface area (Å²) < 4.78 is 10.9. The molecular formula is C24H18O10. The lowest BCUT2D eigenvalue weighted by molar-refractivity contribution is 0.0676. The number of benzene rings is 3. The molecule has 0 radical (unpaired) electrons. The topological polar surface area (TPSA) is 168 Å². The number of aromatic carboxylic acids is 4. The third kappa shape index (κ3) is 4.65. The molecule has 0 spiro atoms. The SMILES string of the molecule is COc1cc(-c2cc(C(=O)O)cc(C(=O)O)c2)c(OC)cc1-c1cc(C(=O)O)cc(C(=O)O)c1. The van der Waals surface area contributed by atoms with Gasteiger partial charge in [-0.05, 0) is 59.7 Å². The monoisotopic (exact) mass is 466 g/mol. The molecule has 0 bridgehead atoms. The molecule has 0 saturated carbocycles. The Hall–Kier alpha value is -4.86.